The normalized spacial score (nSPS) is 51.1. The minimum absolute atomic E-state index is 0.00740. The average Bonchev–Trinajstić information content (AvgIpc) is 2.43. The molecule has 112 valence electrons. The molecule has 6 atom stereocenters. The molecule has 2 N–H and O–H groups in total. The van der Waals surface area contributed by atoms with Gasteiger partial charge in [-0.15, -0.1) is 0 Å². The second-order valence-corrected chi connectivity index (χ2v) is 7.08. The highest BCUT2D eigenvalue weighted by atomic mass is 16.6. The molecule has 3 aliphatic rings. The summed E-state index contributed by atoms with van der Waals surface area (Å²) in [5.41, 5.74) is -2.40. The van der Waals surface area contributed by atoms with Gasteiger partial charge in [0.05, 0.1) is 13.2 Å². The molecule has 2 fully saturated rings. The van der Waals surface area contributed by atoms with Crippen LogP contribution in [0, 0.1) is 29.1 Å². The minimum atomic E-state index is -1.77. The summed E-state index contributed by atoms with van der Waals surface area (Å²) in [5, 5.41) is 20.5. The van der Waals surface area contributed by atoms with Crippen LogP contribution in [0.5, 0.6) is 0 Å². The summed E-state index contributed by atoms with van der Waals surface area (Å²) in [6.45, 7) is 3.97. The molecule has 0 aromatic carbocycles. The van der Waals surface area contributed by atoms with Crippen LogP contribution < -0.4 is 0 Å². The average molecular weight is 280 g/mol. The maximum atomic E-state index is 12.1. The molecule has 4 heteroatoms. The zero-order chi connectivity index (χ0) is 14.5. The monoisotopic (exact) mass is 280 g/mol. The number of cyclic esters (lactones) is 1. The summed E-state index contributed by atoms with van der Waals surface area (Å²) >= 11 is 0. The van der Waals surface area contributed by atoms with Gasteiger partial charge >= 0.3 is 5.97 Å². The maximum Gasteiger partial charge on any atom is 0.341 e. The first-order chi connectivity index (χ1) is 9.43. The van der Waals surface area contributed by atoms with Gasteiger partial charge in [0.2, 0.25) is 0 Å². The van der Waals surface area contributed by atoms with Crippen LogP contribution in [-0.4, -0.2) is 35.0 Å². The van der Waals surface area contributed by atoms with Gasteiger partial charge in [0.15, 0.2) is 5.60 Å². The van der Waals surface area contributed by atoms with Crippen LogP contribution >= 0.6 is 0 Å². The van der Waals surface area contributed by atoms with Gasteiger partial charge in [0.1, 0.15) is 0 Å². The Morgan fingerprint density at radius 3 is 2.85 bits per heavy atom. The lowest BCUT2D eigenvalue weighted by atomic mass is 9.49. The predicted octanol–water partition coefficient (Wildman–Crippen LogP) is 1.51. The molecule has 0 amide bonds. The zero-order valence-corrected chi connectivity index (χ0v) is 12.2. The van der Waals surface area contributed by atoms with E-state index in [1.807, 2.05) is 6.92 Å². The summed E-state index contributed by atoms with van der Waals surface area (Å²) < 4.78 is 5.12. The fourth-order valence-electron chi connectivity index (χ4n) is 4.72. The van der Waals surface area contributed by atoms with Crippen molar-refractivity contribution in [1.82, 2.24) is 0 Å². The molecule has 1 saturated carbocycles. The van der Waals surface area contributed by atoms with Gasteiger partial charge in [0, 0.05) is 11.3 Å². The van der Waals surface area contributed by atoms with Crippen molar-refractivity contribution in [2.45, 2.75) is 38.7 Å². The first-order valence-corrected chi connectivity index (χ1v) is 7.62. The van der Waals surface area contributed by atoms with Crippen molar-refractivity contribution in [1.29, 1.82) is 0 Å². The van der Waals surface area contributed by atoms with E-state index < -0.39 is 23.6 Å². The number of esters is 1. The standard InChI is InChI=1S/C16H24O4/c1-10-3-6-13-11(7-10)4-5-12-8-20-14(18)16(19,9-17)15(12,13)2/h4-5,10-13,17,19H,3,6-9H2,1-2H3/t10-,11-,12+,13-,15-,16-/m0/s1. The smallest absolute Gasteiger partial charge is 0.341 e. The van der Waals surface area contributed by atoms with Crippen LogP contribution in [0.15, 0.2) is 12.2 Å². The number of carbonyl (C=O) groups excluding carboxylic acids is 1. The fraction of sp³-hybridized carbons (Fsp3) is 0.812. The minimum Gasteiger partial charge on any atom is -0.463 e. The highest BCUT2D eigenvalue weighted by molar-refractivity contribution is 5.82. The van der Waals surface area contributed by atoms with Gasteiger partial charge in [-0.2, -0.15) is 0 Å². The lowest BCUT2D eigenvalue weighted by Gasteiger charge is -2.58. The topological polar surface area (TPSA) is 66.8 Å². The van der Waals surface area contributed by atoms with Crippen molar-refractivity contribution < 1.29 is 19.7 Å². The lowest BCUT2D eigenvalue weighted by molar-refractivity contribution is -0.231. The van der Waals surface area contributed by atoms with Gasteiger partial charge in [-0.3, -0.25) is 0 Å². The number of aliphatic hydroxyl groups excluding tert-OH is 1. The molecule has 4 nitrogen and oxygen atoms in total. The van der Waals surface area contributed by atoms with E-state index >= 15 is 0 Å². The van der Waals surface area contributed by atoms with Gasteiger partial charge in [0.25, 0.3) is 0 Å². The third-order valence-electron chi connectivity index (χ3n) is 6.14. The molecule has 1 saturated heterocycles. The Labute approximate surface area is 119 Å². The Hall–Kier alpha value is -0.870. The number of fused-ring (bicyclic) bond motifs is 3. The van der Waals surface area contributed by atoms with Crippen molar-refractivity contribution in [3.63, 3.8) is 0 Å². The van der Waals surface area contributed by atoms with Crippen molar-refractivity contribution in [3.05, 3.63) is 12.2 Å². The number of rotatable bonds is 1. The van der Waals surface area contributed by atoms with Crippen LogP contribution in [0.25, 0.3) is 0 Å². The molecular formula is C16H24O4. The molecule has 20 heavy (non-hydrogen) atoms. The van der Waals surface area contributed by atoms with E-state index in [0.717, 1.165) is 19.3 Å². The Bertz CT molecular complexity index is 446. The van der Waals surface area contributed by atoms with E-state index in [0.29, 0.717) is 18.4 Å². The first kappa shape index (κ1) is 14.1. The van der Waals surface area contributed by atoms with Crippen LogP contribution in [0.4, 0.5) is 0 Å². The van der Waals surface area contributed by atoms with Crippen LogP contribution in [0.3, 0.4) is 0 Å². The van der Waals surface area contributed by atoms with Crippen molar-refractivity contribution >= 4 is 5.97 Å². The van der Waals surface area contributed by atoms with E-state index in [4.69, 9.17) is 4.74 Å². The first-order valence-electron chi connectivity index (χ1n) is 7.62. The fourth-order valence-corrected chi connectivity index (χ4v) is 4.72. The van der Waals surface area contributed by atoms with Crippen molar-refractivity contribution in [3.8, 4) is 0 Å². The summed E-state index contributed by atoms with van der Waals surface area (Å²) in [4.78, 5) is 12.1. The summed E-state index contributed by atoms with van der Waals surface area (Å²) in [6.07, 6.45) is 7.54. The summed E-state index contributed by atoms with van der Waals surface area (Å²) in [7, 11) is 0. The molecule has 3 rings (SSSR count). The molecule has 0 aromatic rings. The van der Waals surface area contributed by atoms with Gasteiger partial charge in [-0.25, -0.2) is 4.79 Å². The zero-order valence-electron chi connectivity index (χ0n) is 12.2. The summed E-state index contributed by atoms with van der Waals surface area (Å²) in [5.74, 6) is 0.639. The Morgan fingerprint density at radius 2 is 2.15 bits per heavy atom. The molecule has 2 aliphatic carbocycles. The molecule has 1 heterocycles. The second kappa shape index (κ2) is 4.57. The van der Waals surface area contributed by atoms with Crippen LogP contribution in [0.2, 0.25) is 0 Å². The molecule has 0 aromatic heterocycles. The highest BCUT2D eigenvalue weighted by Gasteiger charge is 2.65. The number of allylic oxidation sites excluding steroid dienone is 1. The predicted molar refractivity (Wildman–Crippen MR) is 73.7 cm³/mol. The lowest BCUT2D eigenvalue weighted by Crippen LogP contribution is -2.68. The quantitative estimate of drug-likeness (QED) is 0.564. The molecular weight excluding hydrogens is 256 g/mol. The summed E-state index contributed by atoms with van der Waals surface area (Å²) in [6, 6.07) is 0. The van der Waals surface area contributed by atoms with Gasteiger partial charge < -0.3 is 14.9 Å². The van der Waals surface area contributed by atoms with Crippen molar-refractivity contribution in [2.24, 2.45) is 29.1 Å². The molecule has 1 aliphatic heterocycles. The number of ether oxygens (including phenoxy) is 1. The number of hydrogen-bond acceptors (Lipinski definition) is 4. The molecule has 0 radical (unpaired) electrons. The number of hydrogen-bond donors (Lipinski definition) is 2. The Morgan fingerprint density at radius 1 is 1.40 bits per heavy atom. The molecule has 0 bridgehead atoms. The number of carbonyl (C=O) groups is 1. The third-order valence-corrected chi connectivity index (χ3v) is 6.14. The third kappa shape index (κ3) is 1.64. The van der Waals surface area contributed by atoms with Crippen LogP contribution in [-0.2, 0) is 9.53 Å². The van der Waals surface area contributed by atoms with E-state index in [1.165, 1.54) is 0 Å². The number of aliphatic hydroxyl groups is 2. The van der Waals surface area contributed by atoms with E-state index in [-0.39, 0.29) is 11.8 Å². The maximum absolute atomic E-state index is 12.1. The van der Waals surface area contributed by atoms with E-state index in [1.54, 1.807) is 0 Å². The molecule has 0 unspecified atom stereocenters. The Kier molecular flexibility index (Phi) is 3.22. The second-order valence-electron chi connectivity index (χ2n) is 7.08. The van der Waals surface area contributed by atoms with Gasteiger partial charge in [-0.05, 0) is 30.6 Å². The Balaban J connectivity index is 2.05. The van der Waals surface area contributed by atoms with Crippen LogP contribution in [0.1, 0.15) is 33.1 Å². The van der Waals surface area contributed by atoms with E-state index in [9.17, 15) is 15.0 Å². The SMILES string of the molecule is C[C@H]1CC[C@H]2[C@@H](C=C[C@@H]3COC(=O)[C@@](O)(CO)[C@@]32C)C1. The van der Waals surface area contributed by atoms with Crippen molar-refractivity contribution in [2.75, 3.05) is 13.2 Å². The van der Waals surface area contributed by atoms with Gasteiger partial charge in [-0.1, -0.05) is 32.4 Å². The highest BCUT2D eigenvalue weighted by Crippen LogP contribution is 2.58. The van der Waals surface area contributed by atoms with E-state index in [2.05, 4.69) is 19.1 Å². The molecule has 0 spiro atoms. The largest absolute Gasteiger partial charge is 0.463 e.